The Hall–Kier alpha value is -1.69. The number of nitrogens with zero attached hydrogens (tertiary/aromatic N) is 3. The number of carbonyl (C=O) groups excluding carboxylic acids is 2. The van der Waals surface area contributed by atoms with Crippen molar-refractivity contribution >= 4 is 33.6 Å². The SMILES string of the molecule is O=C(C1CC1)N1CCC(CN2C(=O)C3(CC3)N=C2c2ccc(Br)cc2)CC1. The van der Waals surface area contributed by atoms with E-state index in [0.29, 0.717) is 17.7 Å². The molecule has 5 rings (SSSR count). The molecular weight excluding hydrogens is 406 g/mol. The molecule has 0 N–H and O–H groups in total. The van der Waals surface area contributed by atoms with Crippen molar-refractivity contribution in [3.63, 3.8) is 0 Å². The lowest BCUT2D eigenvalue weighted by Gasteiger charge is -2.34. The third-order valence-corrected chi connectivity index (χ3v) is 6.87. The largest absolute Gasteiger partial charge is 0.342 e. The predicted octanol–water partition coefficient (Wildman–Crippen LogP) is 3.22. The Morgan fingerprint density at radius 3 is 2.37 bits per heavy atom. The lowest BCUT2D eigenvalue weighted by Crippen LogP contribution is -2.45. The summed E-state index contributed by atoms with van der Waals surface area (Å²) in [7, 11) is 0. The first-order chi connectivity index (χ1) is 13.1. The number of aliphatic imine (C=N–C) groups is 1. The van der Waals surface area contributed by atoms with Crippen molar-refractivity contribution in [3.05, 3.63) is 34.3 Å². The predicted molar refractivity (Wildman–Crippen MR) is 106 cm³/mol. The minimum atomic E-state index is -0.467. The van der Waals surface area contributed by atoms with Crippen LogP contribution in [-0.4, -0.2) is 52.6 Å². The van der Waals surface area contributed by atoms with Gasteiger partial charge in [-0.1, -0.05) is 28.1 Å². The Bertz CT molecular complexity index is 803. The molecule has 1 saturated heterocycles. The summed E-state index contributed by atoms with van der Waals surface area (Å²) in [6.45, 7) is 2.39. The molecule has 0 aromatic heterocycles. The van der Waals surface area contributed by atoms with Gasteiger partial charge in [-0.3, -0.25) is 19.5 Å². The summed E-state index contributed by atoms with van der Waals surface area (Å²) in [6, 6.07) is 8.06. The monoisotopic (exact) mass is 429 g/mol. The molecule has 2 heterocycles. The molecule has 0 atom stereocenters. The van der Waals surface area contributed by atoms with Gasteiger partial charge in [-0.2, -0.15) is 0 Å². The van der Waals surface area contributed by atoms with E-state index in [-0.39, 0.29) is 5.91 Å². The van der Waals surface area contributed by atoms with E-state index < -0.39 is 5.54 Å². The highest BCUT2D eigenvalue weighted by molar-refractivity contribution is 9.10. The van der Waals surface area contributed by atoms with Crippen molar-refractivity contribution in [2.24, 2.45) is 16.8 Å². The summed E-state index contributed by atoms with van der Waals surface area (Å²) in [4.78, 5) is 34.1. The number of hydrogen-bond donors (Lipinski definition) is 0. The summed E-state index contributed by atoms with van der Waals surface area (Å²) in [6.07, 6.45) is 5.82. The average Bonchev–Trinajstić information content (AvgIpc) is 3.59. The van der Waals surface area contributed by atoms with Gasteiger partial charge in [-0.05, 0) is 56.6 Å². The highest BCUT2D eigenvalue weighted by atomic mass is 79.9. The van der Waals surface area contributed by atoms with Gasteiger partial charge in [0, 0.05) is 35.6 Å². The standard InChI is InChI=1S/C21H24BrN3O2/c22-17-5-3-15(4-6-17)18-23-21(9-10-21)20(27)25(18)13-14-7-11-24(12-8-14)19(26)16-1-2-16/h3-6,14,16H,1-2,7-13H2. The number of rotatable bonds is 4. The normalized spacial score (nSPS) is 24.5. The van der Waals surface area contributed by atoms with Crippen LogP contribution in [0, 0.1) is 11.8 Å². The van der Waals surface area contributed by atoms with E-state index in [0.717, 1.165) is 74.0 Å². The molecule has 0 unspecified atom stereocenters. The Morgan fingerprint density at radius 2 is 1.78 bits per heavy atom. The van der Waals surface area contributed by atoms with E-state index in [2.05, 4.69) is 15.9 Å². The van der Waals surface area contributed by atoms with Crippen LogP contribution in [0.5, 0.6) is 0 Å². The molecule has 142 valence electrons. The molecule has 2 amide bonds. The van der Waals surface area contributed by atoms with Crippen LogP contribution in [0.25, 0.3) is 0 Å². The van der Waals surface area contributed by atoms with Crippen LogP contribution in [0.1, 0.15) is 44.1 Å². The van der Waals surface area contributed by atoms with E-state index >= 15 is 0 Å². The van der Waals surface area contributed by atoms with Gasteiger partial charge in [-0.15, -0.1) is 0 Å². The fraction of sp³-hybridized carbons (Fsp3) is 0.571. The van der Waals surface area contributed by atoms with Crippen molar-refractivity contribution in [2.75, 3.05) is 19.6 Å². The zero-order valence-electron chi connectivity index (χ0n) is 15.4. The van der Waals surface area contributed by atoms with Crippen LogP contribution in [0.4, 0.5) is 0 Å². The molecule has 1 aromatic carbocycles. The van der Waals surface area contributed by atoms with E-state index in [1.165, 1.54) is 0 Å². The second-order valence-electron chi connectivity index (χ2n) is 8.43. The third-order valence-electron chi connectivity index (χ3n) is 6.34. The zero-order chi connectivity index (χ0) is 18.6. The second kappa shape index (κ2) is 6.43. The maximum absolute atomic E-state index is 13.0. The van der Waals surface area contributed by atoms with E-state index in [1.54, 1.807) is 0 Å². The van der Waals surface area contributed by atoms with Crippen molar-refractivity contribution in [2.45, 2.75) is 44.1 Å². The molecule has 1 spiro atoms. The number of amidine groups is 1. The van der Waals surface area contributed by atoms with Crippen LogP contribution in [0.15, 0.2) is 33.7 Å². The minimum absolute atomic E-state index is 0.178. The molecule has 2 saturated carbocycles. The average molecular weight is 430 g/mol. The van der Waals surface area contributed by atoms with Gasteiger partial charge in [-0.25, -0.2) is 0 Å². The quantitative estimate of drug-likeness (QED) is 0.737. The smallest absolute Gasteiger partial charge is 0.256 e. The van der Waals surface area contributed by atoms with Crippen LogP contribution >= 0.6 is 15.9 Å². The van der Waals surface area contributed by atoms with Crippen molar-refractivity contribution in [1.82, 2.24) is 9.80 Å². The molecule has 2 aliphatic heterocycles. The number of likely N-dealkylation sites (tertiary alicyclic amines) is 1. The number of piperidine rings is 1. The Kier molecular flexibility index (Phi) is 4.15. The lowest BCUT2D eigenvalue weighted by atomic mass is 9.95. The van der Waals surface area contributed by atoms with Crippen molar-refractivity contribution in [3.8, 4) is 0 Å². The Labute approximate surface area is 167 Å². The van der Waals surface area contributed by atoms with Gasteiger partial charge in [0.15, 0.2) is 0 Å². The fourth-order valence-electron chi connectivity index (χ4n) is 4.27. The second-order valence-corrected chi connectivity index (χ2v) is 9.35. The molecule has 0 radical (unpaired) electrons. The van der Waals surface area contributed by atoms with E-state index in [4.69, 9.17) is 4.99 Å². The highest BCUT2D eigenvalue weighted by Gasteiger charge is 2.57. The molecule has 6 heteroatoms. The van der Waals surface area contributed by atoms with Gasteiger partial charge >= 0.3 is 0 Å². The summed E-state index contributed by atoms with van der Waals surface area (Å²) in [5.74, 6) is 2.09. The highest BCUT2D eigenvalue weighted by Crippen LogP contribution is 2.46. The van der Waals surface area contributed by atoms with E-state index in [9.17, 15) is 9.59 Å². The first-order valence-corrected chi connectivity index (χ1v) is 10.8. The van der Waals surface area contributed by atoms with Gasteiger partial charge in [0.25, 0.3) is 5.91 Å². The summed E-state index contributed by atoms with van der Waals surface area (Å²) >= 11 is 3.47. The van der Waals surface area contributed by atoms with Gasteiger partial charge in [0.2, 0.25) is 5.91 Å². The Balaban J connectivity index is 1.29. The molecule has 1 aromatic rings. The number of benzene rings is 1. The lowest BCUT2D eigenvalue weighted by molar-refractivity contribution is -0.134. The molecule has 27 heavy (non-hydrogen) atoms. The van der Waals surface area contributed by atoms with Gasteiger partial charge in [0.05, 0.1) is 0 Å². The minimum Gasteiger partial charge on any atom is -0.342 e. The maximum Gasteiger partial charge on any atom is 0.256 e. The first kappa shape index (κ1) is 17.4. The van der Waals surface area contributed by atoms with Crippen LogP contribution in [0.2, 0.25) is 0 Å². The van der Waals surface area contributed by atoms with Crippen molar-refractivity contribution in [1.29, 1.82) is 0 Å². The summed E-state index contributed by atoms with van der Waals surface area (Å²) in [5, 5.41) is 0. The number of amides is 2. The molecular formula is C21H24BrN3O2. The molecule has 5 nitrogen and oxygen atoms in total. The first-order valence-electron chi connectivity index (χ1n) is 10.0. The maximum atomic E-state index is 13.0. The zero-order valence-corrected chi connectivity index (χ0v) is 17.0. The summed E-state index contributed by atoms with van der Waals surface area (Å²) in [5.41, 5.74) is 0.544. The van der Waals surface area contributed by atoms with Crippen LogP contribution in [-0.2, 0) is 9.59 Å². The molecule has 2 aliphatic carbocycles. The fourth-order valence-corrected chi connectivity index (χ4v) is 4.54. The van der Waals surface area contributed by atoms with Crippen LogP contribution < -0.4 is 0 Å². The molecule has 4 aliphatic rings. The summed E-state index contributed by atoms with van der Waals surface area (Å²) < 4.78 is 1.02. The molecule has 0 bridgehead atoms. The topological polar surface area (TPSA) is 53.0 Å². The number of hydrogen-bond acceptors (Lipinski definition) is 3. The third kappa shape index (κ3) is 3.22. The Morgan fingerprint density at radius 1 is 1.11 bits per heavy atom. The van der Waals surface area contributed by atoms with Crippen LogP contribution in [0.3, 0.4) is 0 Å². The number of carbonyl (C=O) groups is 2. The van der Waals surface area contributed by atoms with Gasteiger partial charge in [0.1, 0.15) is 11.4 Å². The van der Waals surface area contributed by atoms with Gasteiger partial charge < -0.3 is 4.90 Å². The number of halogens is 1. The van der Waals surface area contributed by atoms with Crippen molar-refractivity contribution < 1.29 is 9.59 Å². The van der Waals surface area contributed by atoms with E-state index in [1.807, 2.05) is 34.1 Å². The molecule has 3 fully saturated rings.